The Morgan fingerprint density at radius 3 is 2.75 bits per heavy atom. The molecule has 1 saturated heterocycles. The van der Waals surface area contributed by atoms with Gasteiger partial charge in [-0.05, 0) is 24.3 Å². The fraction of sp³-hybridized carbons (Fsp3) is 0.208. The normalized spacial score (nSPS) is 17.9. The minimum absolute atomic E-state index is 0.0865. The third-order valence-corrected chi connectivity index (χ3v) is 5.52. The van der Waals surface area contributed by atoms with Crippen LogP contribution in [0.1, 0.15) is 16.8 Å². The van der Waals surface area contributed by atoms with Gasteiger partial charge in [-0.1, -0.05) is 30.3 Å². The largest absolute Gasteiger partial charge is 0.466 e. The molecule has 0 spiro atoms. The third-order valence-electron chi connectivity index (χ3n) is 5.52. The predicted molar refractivity (Wildman–Crippen MR) is 114 cm³/mol. The van der Waals surface area contributed by atoms with Gasteiger partial charge in [0.25, 0.3) is 11.8 Å². The highest BCUT2D eigenvalue weighted by atomic mass is 19.3. The highest BCUT2D eigenvalue weighted by molar-refractivity contribution is 6.00. The molecule has 1 amide bonds. The Balaban J connectivity index is 1.39. The van der Waals surface area contributed by atoms with Gasteiger partial charge in [-0.3, -0.25) is 4.79 Å². The Hall–Kier alpha value is -3.81. The predicted octanol–water partition coefficient (Wildman–Crippen LogP) is 4.82. The Kier molecular flexibility index (Phi) is 5.05. The number of carbonyl (C=O) groups is 1. The maximum atomic E-state index is 14.7. The summed E-state index contributed by atoms with van der Waals surface area (Å²) in [5, 5.41) is 0.884. The first-order valence-electron chi connectivity index (χ1n) is 10.2. The molecule has 0 bridgehead atoms. The molecular weight excluding hydrogens is 416 g/mol. The first-order valence-corrected chi connectivity index (χ1v) is 10.2. The molecule has 0 aliphatic carbocycles. The van der Waals surface area contributed by atoms with E-state index in [0.717, 1.165) is 5.39 Å². The third kappa shape index (κ3) is 3.79. The summed E-state index contributed by atoms with van der Waals surface area (Å²) in [6, 6.07) is 17.5. The summed E-state index contributed by atoms with van der Waals surface area (Å²) in [4.78, 5) is 23.1. The lowest BCUT2D eigenvalue weighted by Gasteiger charge is -2.38. The number of carbonyl (C=O) groups excluding carboxylic acids is 1. The fourth-order valence-electron chi connectivity index (χ4n) is 3.82. The maximum absolute atomic E-state index is 14.7. The van der Waals surface area contributed by atoms with Crippen LogP contribution in [-0.4, -0.2) is 45.9 Å². The van der Waals surface area contributed by atoms with Crippen LogP contribution in [0.15, 0.2) is 77.5 Å². The minimum Gasteiger partial charge on any atom is -0.466 e. The summed E-state index contributed by atoms with van der Waals surface area (Å²) < 4.78 is 40.3. The van der Waals surface area contributed by atoms with Crippen molar-refractivity contribution in [3.05, 3.63) is 78.7 Å². The molecule has 1 aliphatic rings. The molecular formula is C24H19F2N3O3. The Labute approximate surface area is 182 Å². The average Bonchev–Trinajstić information content (AvgIpc) is 3.35. The van der Waals surface area contributed by atoms with Crippen molar-refractivity contribution in [1.29, 1.82) is 0 Å². The molecule has 1 aliphatic heterocycles. The Morgan fingerprint density at radius 2 is 1.91 bits per heavy atom. The lowest BCUT2D eigenvalue weighted by Crippen LogP contribution is -2.55. The van der Waals surface area contributed by atoms with Crippen LogP contribution in [0.25, 0.3) is 22.4 Å². The van der Waals surface area contributed by atoms with Gasteiger partial charge in [0.1, 0.15) is 6.26 Å². The number of amides is 1. The number of hydrogen-bond donors (Lipinski definition) is 0. The average molecular weight is 435 g/mol. The number of para-hydroxylation sites is 1. The molecule has 1 fully saturated rings. The number of pyridine rings is 1. The summed E-state index contributed by atoms with van der Waals surface area (Å²) in [6.45, 7) is -0.350. The highest BCUT2D eigenvalue weighted by Gasteiger charge is 2.47. The lowest BCUT2D eigenvalue weighted by molar-refractivity contribution is -0.131. The van der Waals surface area contributed by atoms with Gasteiger partial charge < -0.3 is 14.1 Å². The van der Waals surface area contributed by atoms with Gasteiger partial charge in [0, 0.05) is 30.0 Å². The lowest BCUT2D eigenvalue weighted by atomic mass is 10.0. The molecule has 4 aromatic rings. The number of alkyl halides is 2. The SMILES string of the molecule is O=C(c1ccccc1-c1ncco1)N1CCC(F)(F)C(Oc2ccc3ccccc3n2)C1. The van der Waals surface area contributed by atoms with Gasteiger partial charge >= 0.3 is 0 Å². The summed E-state index contributed by atoms with van der Waals surface area (Å²) in [7, 11) is 0. The number of oxazole rings is 1. The van der Waals surface area contributed by atoms with Crippen molar-refractivity contribution >= 4 is 16.8 Å². The number of benzene rings is 2. The van der Waals surface area contributed by atoms with E-state index in [0.29, 0.717) is 22.5 Å². The molecule has 8 heteroatoms. The number of likely N-dealkylation sites (tertiary alicyclic amines) is 1. The van der Waals surface area contributed by atoms with Gasteiger partial charge in [-0.15, -0.1) is 0 Å². The Morgan fingerprint density at radius 1 is 1.09 bits per heavy atom. The minimum atomic E-state index is -3.09. The fourth-order valence-corrected chi connectivity index (χ4v) is 3.82. The number of fused-ring (bicyclic) bond motifs is 1. The second kappa shape index (κ2) is 8.03. The van der Waals surface area contributed by atoms with E-state index in [-0.39, 0.29) is 24.9 Å². The molecule has 0 N–H and O–H groups in total. The van der Waals surface area contributed by atoms with E-state index in [4.69, 9.17) is 9.15 Å². The first kappa shape index (κ1) is 20.1. The second-order valence-corrected chi connectivity index (χ2v) is 7.59. The summed E-state index contributed by atoms with van der Waals surface area (Å²) >= 11 is 0. The van der Waals surface area contributed by atoms with Crippen molar-refractivity contribution in [2.45, 2.75) is 18.4 Å². The summed E-state index contributed by atoms with van der Waals surface area (Å²) in [5.41, 5.74) is 1.49. The standard InChI is InChI=1S/C24H19F2N3O3/c25-24(26)11-13-29(23(30)18-7-3-2-6-17(18)22-27-12-14-31-22)15-20(24)32-21-10-9-16-5-1-4-8-19(16)28-21/h1-10,12,14,20H,11,13,15H2. The molecule has 162 valence electrons. The maximum Gasteiger partial charge on any atom is 0.287 e. The number of hydrogen-bond acceptors (Lipinski definition) is 5. The smallest absolute Gasteiger partial charge is 0.287 e. The monoisotopic (exact) mass is 435 g/mol. The molecule has 1 atom stereocenters. The number of ether oxygens (including phenoxy) is 1. The highest BCUT2D eigenvalue weighted by Crippen LogP contribution is 2.33. The van der Waals surface area contributed by atoms with Gasteiger partial charge in [0.15, 0.2) is 6.10 Å². The van der Waals surface area contributed by atoms with Crippen molar-refractivity contribution in [2.24, 2.45) is 0 Å². The van der Waals surface area contributed by atoms with Crippen LogP contribution in [0.4, 0.5) is 8.78 Å². The number of halogens is 2. The van der Waals surface area contributed by atoms with E-state index in [1.807, 2.05) is 18.2 Å². The quantitative estimate of drug-likeness (QED) is 0.460. The summed E-state index contributed by atoms with van der Waals surface area (Å²) in [5.74, 6) is -3.08. The molecule has 2 aromatic carbocycles. The molecule has 6 nitrogen and oxygen atoms in total. The molecule has 3 heterocycles. The van der Waals surface area contributed by atoms with Crippen LogP contribution in [0, 0.1) is 0 Å². The van der Waals surface area contributed by atoms with Gasteiger partial charge in [0.2, 0.25) is 11.8 Å². The van der Waals surface area contributed by atoms with Crippen LogP contribution in [0.5, 0.6) is 5.88 Å². The molecule has 0 saturated carbocycles. The van der Waals surface area contributed by atoms with Crippen LogP contribution in [0.2, 0.25) is 0 Å². The summed E-state index contributed by atoms with van der Waals surface area (Å²) in [6.07, 6.45) is 0.887. The van der Waals surface area contributed by atoms with E-state index < -0.39 is 18.4 Å². The van der Waals surface area contributed by atoms with Gasteiger partial charge in [-0.2, -0.15) is 0 Å². The van der Waals surface area contributed by atoms with Crippen LogP contribution in [0.3, 0.4) is 0 Å². The molecule has 1 unspecified atom stereocenters. The molecule has 5 rings (SSSR count). The topological polar surface area (TPSA) is 68.5 Å². The molecule has 32 heavy (non-hydrogen) atoms. The van der Waals surface area contributed by atoms with Crippen molar-refractivity contribution < 1.29 is 22.7 Å². The number of rotatable bonds is 4. The van der Waals surface area contributed by atoms with E-state index in [2.05, 4.69) is 9.97 Å². The van der Waals surface area contributed by atoms with Crippen LogP contribution >= 0.6 is 0 Å². The zero-order valence-corrected chi connectivity index (χ0v) is 16.9. The van der Waals surface area contributed by atoms with Gasteiger partial charge in [-0.25, -0.2) is 18.7 Å². The second-order valence-electron chi connectivity index (χ2n) is 7.59. The van der Waals surface area contributed by atoms with E-state index in [1.54, 1.807) is 42.5 Å². The van der Waals surface area contributed by atoms with Crippen molar-refractivity contribution in [2.75, 3.05) is 13.1 Å². The molecule has 0 radical (unpaired) electrons. The van der Waals surface area contributed by atoms with Crippen LogP contribution < -0.4 is 4.74 Å². The van der Waals surface area contributed by atoms with E-state index in [1.165, 1.54) is 17.4 Å². The van der Waals surface area contributed by atoms with Crippen molar-refractivity contribution in [3.63, 3.8) is 0 Å². The zero-order chi connectivity index (χ0) is 22.1. The van der Waals surface area contributed by atoms with Crippen molar-refractivity contribution in [3.8, 4) is 17.3 Å². The number of piperidine rings is 1. The van der Waals surface area contributed by atoms with Crippen LogP contribution in [-0.2, 0) is 0 Å². The van der Waals surface area contributed by atoms with E-state index >= 15 is 0 Å². The Bertz CT molecular complexity index is 1260. The number of nitrogens with zero attached hydrogens (tertiary/aromatic N) is 3. The first-order chi connectivity index (χ1) is 15.5. The zero-order valence-electron chi connectivity index (χ0n) is 16.9. The van der Waals surface area contributed by atoms with Crippen molar-refractivity contribution in [1.82, 2.24) is 14.9 Å². The van der Waals surface area contributed by atoms with Gasteiger partial charge in [0.05, 0.1) is 23.8 Å². The molecule has 2 aromatic heterocycles. The van der Waals surface area contributed by atoms with E-state index in [9.17, 15) is 13.6 Å². The number of aromatic nitrogens is 2.